The molecule has 0 saturated heterocycles. The van der Waals surface area contributed by atoms with Crippen molar-refractivity contribution in [3.05, 3.63) is 48.3 Å². The highest BCUT2D eigenvalue weighted by Crippen LogP contribution is 2.10. The number of amides is 1. The van der Waals surface area contributed by atoms with Crippen LogP contribution >= 0.6 is 0 Å². The zero-order chi connectivity index (χ0) is 16.0. The molecule has 0 spiro atoms. The van der Waals surface area contributed by atoms with Crippen LogP contribution in [0.2, 0.25) is 0 Å². The van der Waals surface area contributed by atoms with Gasteiger partial charge in [0.25, 0.3) is 5.92 Å². The lowest BCUT2D eigenvalue weighted by molar-refractivity contribution is -0.122. The zero-order valence-corrected chi connectivity index (χ0v) is 12.0. The van der Waals surface area contributed by atoms with Gasteiger partial charge in [-0.2, -0.15) is 5.10 Å². The first-order valence-corrected chi connectivity index (χ1v) is 6.94. The van der Waals surface area contributed by atoms with Crippen LogP contribution in [0.5, 0.6) is 0 Å². The van der Waals surface area contributed by atoms with E-state index in [4.69, 9.17) is 5.73 Å². The summed E-state index contributed by atoms with van der Waals surface area (Å²) < 4.78 is 27.5. The fraction of sp³-hybridized carbons (Fsp3) is 0.333. The lowest BCUT2D eigenvalue weighted by atomic mass is 10.2. The number of aryl methyl sites for hydroxylation is 1. The molecule has 118 valence electrons. The molecule has 2 aromatic rings. The molecule has 7 heteroatoms. The SMILES string of the molecule is NCC(F)(F)CNC(=O)CCc1cnn(-c2ccccc2)c1. The number of nitrogens with zero attached hydrogens (tertiary/aromatic N) is 2. The summed E-state index contributed by atoms with van der Waals surface area (Å²) >= 11 is 0. The first-order valence-electron chi connectivity index (χ1n) is 6.94. The van der Waals surface area contributed by atoms with Crippen LogP contribution in [0.15, 0.2) is 42.7 Å². The summed E-state index contributed by atoms with van der Waals surface area (Å²) in [7, 11) is 0. The Balaban J connectivity index is 1.83. The molecule has 1 aromatic carbocycles. The van der Waals surface area contributed by atoms with Crippen molar-refractivity contribution in [3.63, 3.8) is 0 Å². The van der Waals surface area contributed by atoms with Gasteiger partial charge in [0.15, 0.2) is 0 Å². The topological polar surface area (TPSA) is 72.9 Å². The van der Waals surface area contributed by atoms with Gasteiger partial charge in [0.2, 0.25) is 5.91 Å². The molecule has 1 aromatic heterocycles. The molecule has 2 rings (SSSR count). The van der Waals surface area contributed by atoms with Gasteiger partial charge in [0, 0.05) is 12.6 Å². The van der Waals surface area contributed by atoms with E-state index in [2.05, 4.69) is 10.4 Å². The smallest absolute Gasteiger partial charge is 0.277 e. The number of carbonyl (C=O) groups excluding carboxylic acids is 1. The summed E-state index contributed by atoms with van der Waals surface area (Å²) in [4.78, 5) is 11.5. The number of nitrogens with one attached hydrogen (secondary N) is 1. The first-order chi connectivity index (χ1) is 10.5. The van der Waals surface area contributed by atoms with Gasteiger partial charge in [-0.25, -0.2) is 13.5 Å². The summed E-state index contributed by atoms with van der Waals surface area (Å²) in [5.74, 6) is -3.49. The highest BCUT2D eigenvalue weighted by molar-refractivity contribution is 5.76. The molecule has 0 aliphatic rings. The van der Waals surface area contributed by atoms with Gasteiger partial charge >= 0.3 is 0 Å². The molecule has 0 bridgehead atoms. The van der Waals surface area contributed by atoms with E-state index in [9.17, 15) is 13.6 Å². The monoisotopic (exact) mass is 308 g/mol. The van der Waals surface area contributed by atoms with Crippen LogP contribution in [0, 0.1) is 0 Å². The van der Waals surface area contributed by atoms with E-state index in [1.165, 1.54) is 0 Å². The van der Waals surface area contributed by atoms with E-state index in [0.29, 0.717) is 6.42 Å². The Kier molecular flexibility index (Phi) is 5.21. The maximum absolute atomic E-state index is 12.9. The lowest BCUT2D eigenvalue weighted by Crippen LogP contribution is -2.41. The molecule has 0 atom stereocenters. The largest absolute Gasteiger partial charge is 0.350 e. The normalized spacial score (nSPS) is 11.4. The molecule has 0 aliphatic heterocycles. The molecule has 1 heterocycles. The summed E-state index contributed by atoms with van der Waals surface area (Å²) in [6.45, 7) is -1.51. The van der Waals surface area contributed by atoms with Crippen molar-refractivity contribution in [3.8, 4) is 5.69 Å². The fourth-order valence-corrected chi connectivity index (χ4v) is 1.86. The van der Waals surface area contributed by atoms with Crippen molar-refractivity contribution in [2.24, 2.45) is 5.73 Å². The minimum atomic E-state index is -3.06. The highest BCUT2D eigenvalue weighted by atomic mass is 19.3. The summed E-state index contributed by atoms with van der Waals surface area (Å²) in [6.07, 6.45) is 4.04. The van der Waals surface area contributed by atoms with Gasteiger partial charge in [-0.15, -0.1) is 0 Å². The maximum atomic E-state index is 12.9. The number of alkyl halides is 2. The molecule has 3 N–H and O–H groups in total. The Labute approximate surface area is 127 Å². The highest BCUT2D eigenvalue weighted by Gasteiger charge is 2.26. The molecule has 22 heavy (non-hydrogen) atoms. The van der Waals surface area contributed by atoms with Crippen molar-refractivity contribution in [2.45, 2.75) is 18.8 Å². The summed E-state index contributed by atoms with van der Waals surface area (Å²) in [5, 5.41) is 6.40. The standard InChI is InChI=1S/C15H18F2N4O/c16-15(17,10-18)11-19-14(22)7-6-12-8-20-21(9-12)13-4-2-1-3-5-13/h1-5,8-9H,6-7,10-11,18H2,(H,19,22). The Bertz CT molecular complexity index is 613. The minimum absolute atomic E-state index is 0.126. The van der Waals surface area contributed by atoms with Crippen LogP contribution in [0.4, 0.5) is 8.78 Å². The third-order valence-electron chi connectivity index (χ3n) is 3.14. The second-order valence-corrected chi connectivity index (χ2v) is 4.97. The predicted molar refractivity (Wildman–Crippen MR) is 78.9 cm³/mol. The molecule has 0 saturated carbocycles. The van der Waals surface area contributed by atoms with E-state index >= 15 is 0 Å². The summed E-state index contributed by atoms with van der Waals surface area (Å²) in [5.41, 5.74) is 6.69. The molecule has 0 fully saturated rings. The van der Waals surface area contributed by atoms with Crippen LogP contribution in [0.1, 0.15) is 12.0 Å². The molecule has 1 amide bonds. The van der Waals surface area contributed by atoms with Crippen LogP contribution in [0.3, 0.4) is 0 Å². The number of aromatic nitrogens is 2. The van der Waals surface area contributed by atoms with Gasteiger partial charge in [0.05, 0.1) is 25.0 Å². The lowest BCUT2D eigenvalue weighted by Gasteiger charge is -2.14. The number of nitrogens with two attached hydrogens (primary N) is 1. The molecule has 0 aliphatic carbocycles. The third kappa shape index (κ3) is 4.63. The number of carbonyl (C=O) groups is 1. The van der Waals surface area contributed by atoms with Crippen LogP contribution < -0.4 is 11.1 Å². The molecule has 5 nitrogen and oxygen atoms in total. The van der Waals surface area contributed by atoms with E-state index in [0.717, 1.165) is 11.3 Å². The number of rotatable bonds is 7. The van der Waals surface area contributed by atoms with Gasteiger partial charge in [-0.1, -0.05) is 18.2 Å². The predicted octanol–water partition coefficient (Wildman–Crippen LogP) is 1.52. The number of para-hydroxylation sites is 1. The van der Waals surface area contributed by atoms with Gasteiger partial charge in [-0.05, 0) is 24.1 Å². The number of benzene rings is 1. The molecular formula is C15H18F2N4O. The molecule has 0 radical (unpaired) electrons. The Morgan fingerprint density at radius 2 is 2.05 bits per heavy atom. The Morgan fingerprint density at radius 1 is 1.32 bits per heavy atom. The van der Waals surface area contributed by atoms with Gasteiger partial charge in [0.1, 0.15) is 0 Å². The molecular weight excluding hydrogens is 290 g/mol. The van der Waals surface area contributed by atoms with Crippen molar-refractivity contribution in [2.75, 3.05) is 13.1 Å². The molecule has 0 unspecified atom stereocenters. The Hall–Kier alpha value is -2.28. The van der Waals surface area contributed by atoms with E-state index < -0.39 is 24.9 Å². The second-order valence-electron chi connectivity index (χ2n) is 4.97. The quantitative estimate of drug-likeness (QED) is 0.814. The number of hydrogen-bond acceptors (Lipinski definition) is 3. The first kappa shape index (κ1) is 16.1. The van der Waals surface area contributed by atoms with Crippen LogP contribution in [0.25, 0.3) is 5.69 Å². The van der Waals surface area contributed by atoms with Crippen molar-refractivity contribution in [1.82, 2.24) is 15.1 Å². The summed E-state index contributed by atoms with van der Waals surface area (Å²) in [6, 6.07) is 9.55. The maximum Gasteiger partial charge on any atom is 0.277 e. The second kappa shape index (κ2) is 7.13. The van der Waals surface area contributed by atoms with Crippen LogP contribution in [-0.4, -0.2) is 34.7 Å². The zero-order valence-electron chi connectivity index (χ0n) is 12.0. The van der Waals surface area contributed by atoms with Gasteiger partial charge < -0.3 is 11.1 Å². The van der Waals surface area contributed by atoms with E-state index in [1.807, 2.05) is 36.5 Å². The van der Waals surface area contributed by atoms with Crippen molar-refractivity contribution >= 4 is 5.91 Å². The van der Waals surface area contributed by atoms with Crippen LogP contribution in [-0.2, 0) is 11.2 Å². The average Bonchev–Trinajstić information content (AvgIpc) is 3.01. The van der Waals surface area contributed by atoms with Crippen molar-refractivity contribution < 1.29 is 13.6 Å². The van der Waals surface area contributed by atoms with E-state index in [-0.39, 0.29) is 6.42 Å². The number of halogens is 2. The average molecular weight is 308 g/mol. The third-order valence-corrected chi connectivity index (χ3v) is 3.14. The number of hydrogen-bond donors (Lipinski definition) is 2. The Morgan fingerprint density at radius 3 is 2.73 bits per heavy atom. The van der Waals surface area contributed by atoms with Gasteiger partial charge in [-0.3, -0.25) is 4.79 Å². The van der Waals surface area contributed by atoms with Crippen molar-refractivity contribution in [1.29, 1.82) is 0 Å². The minimum Gasteiger partial charge on any atom is -0.350 e. The van der Waals surface area contributed by atoms with E-state index in [1.54, 1.807) is 10.9 Å². The fourth-order valence-electron chi connectivity index (χ4n) is 1.86.